The number of ether oxygens (including phenoxy) is 2. The van der Waals surface area contributed by atoms with Crippen molar-refractivity contribution in [3.8, 4) is 11.5 Å². The lowest BCUT2D eigenvalue weighted by Gasteiger charge is -2.28. The minimum Gasteiger partial charge on any atom is -0.503 e. The van der Waals surface area contributed by atoms with Crippen molar-refractivity contribution >= 4 is 17.4 Å². The molecule has 1 aliphatic heterocycles. The summed E-state index contributed by atoms with van der Waals surface area (Å²) in [6.45, 7) is 3.27. The minimum atomic E-state index is -0.817. The molecule has 0 spiro atoms. The Morgan fingerprint density at radius 2 is 1.74 bits per heavy atom. The number of carbonyl (C=O) groups is 2. The molecule has 0 unspecified atom stereocenters. The molecule has 2 aromatic rings. The van der Waals surface area contributed by atoms with E-state index in [1.165, 1.54) is 26.0 Å². The second-order valence-electron chi connectivity index (χ2n) is 6.34. The molecule has 1 amide bonds. The zero-order valence-corrected chi connectivity index (χ0v) is 15.6. The van der Waals surface area contributed by atoms with E-state index >= 15 is 0 Å². The molecule has 1 heterocycles. The fourth-order valence-corrected chi connectivity index (χ4v) is 3.28. The van der Waals surface area contributed by atoms with Crippen molar-refractivity contribution in [3.05, 3.63) is 64.9 Å². The number of amides is 1. The molecule has 0 saturated heterocycles. The van der Waals surface area contributed by atoms with Gasteiger partial charge in [-0.3, -0.25) is 14.5 Å². The van der Waals surface area contributed by atoms with Crippen molar-refractivity contribution in [1.82, 2.24) is 0 Å². The number of hydrogen-bond acceptors (Lipinski definition) is 5. The Bertz CT molecular complexity index is 930. The molecular formula is C21H21NO5. The lowest BCUT2D eigenvalue weighted by atomic mass is 9.95. The van der Waals surface area contributed by atoms with Gasteiger partial charge in [0.15, 0.2) is 11.5 Å². The Balaban J connectivity index is 2.25. The van der Waals surface area contributed by atoms with Gasteiger partial charge in [0.25, 0.3) is 5.91 Å². The summed E-state index contributed by atoms with van der Waals surface area (Å²) in [5.41, 5.74) is 2.19. The zero-order chi connectivity index (χ0) is 19.7. The van der Waals surface area contributed by atoms with E-state index in [2.05, 4.69) is 0 Å². The summed E-state index contributed by atoms with van der Waals surface area (Å²) >= 11 is 0. The monoisotopic (exact) mass is 367 g/mol. The van der Waals surface area contributed by atoms with Crippen LogP contribution in [0.4, 0.5) is 5.69 Å². The average Bonchev–Trinajstić information content (AvgIpc) is 2.93. The molecule has 0 aliphatic carbocycles. The largest absolute Gasteiger partial charge is 0.503 e. The third kappa shape index (κ3) is 3.14. The van der Waals surface area contributed by atoms with Crippen molar-refractivity contribution in [2.75, 3.05) is 19.1 Å². The Hall–Kier alpha value is -3.28. The van der Waals surface area contributed by atoms with E-state index < -0.39 is 17.7 Å². The Labute approximate surface area is 157 Å². The van der Waals surface area contributed by atoms with Gasteiger partial charge in [-0.15, -0.1) is 0 Å². The third-order valence-electron chi connectivity index (χ3n) is 4.63. The maximum absolute atomic E-state index is 12.8. The second kappa shape index (κ2) is 7.15. The Kier molecular flexibility index (Phi) is 4.90. The molecule has 0 aromatic heterocycles. The molecule has 3 rings (SSSR count). The molecule has 0 bridgehead atoms. The van der Waals surface area contributed by atoms with Crippen molar-refractivity contribution < 1.29 is 24.2 Å². The molecule has 6 heteroatoms. The summed E-state index contributed by atoms with van der Waals surface area (Å²) in [6, 6.07) is 11.6. The molecule has 6 nitrogen and oxygen atoms in total. The number of aliphatic hydroxyl groups is 1. The lowest BCUT2D eigenvalue weighted by Crippen LogP contribution is -2.31. The van der Waals surface area contributed by atoms with Gasteiger partial charge in [-0.25, -0.2) is 0 Å². The van der Waals surface area contributed by atoms with E-state index in [0.29, 0.717) is 22.7 Å². The lowest BCUT2D eigenvalue weighted by molar-refractivity contribution is -0.117. The minimum absolute atomic E-state index is 0.0344. The maximum atomic E-state index is 12.8. The van der Waals surface area contributed by atoms with Crippen LogP contribution in [0, 0.1) is 6.92 Å². The van der Waals surface area contributed by atoms with Crippen molar-refractivity contribution in [2.24, 2.45) is 0 Å². The number of ketones is 1. The molecule has 0 fully saturated rings. The highest BCUT2D eigenvalue weighted by molar-refractivity contribution is 6.16. The number of nitrogens with zero attached hydrogens (tertiary/aromatic N) is 1. The van der Waals surface area contributed by atoms with E-state index in [-0.39, 0.29) is 11.4 Å². The predicted molar refractivity (Wildman–Crippen MR) is 101 cm³/mol. The number of anilines is 1. The highest BCUT2D eigenvalue weighted by Gasteiger charge is 2.44. The van der Waals surface area contributed by atoms with Gasteiger partial charge in [-0.05, 0) is 44.2 Å². The predicted octanol–water partition coefficient (Wildman–Crippen LogP) is 3.50. The van der Waals surface area contributed by atoms with Crippen molar-refractivity contribution in [2.45, 2.75) is 19.9 Å². The number of aliphatic hydroxyl groups excluding tert-OH is 1. The first-order valence-corrected chi connectivity index (χ1v) is 8.45. The molecule has 0 radical (unpaired) electrons. The summed E-state index contributed by atoms with van der Waals surface area (Å²) in [7, 11) is 3.04. The van der Waals surface area contributed by atoms with E-state index in [4.69, 9.17) is 9.47 Å². The number of rotatable bonds is 5. The van der Waals surface area contributed by atoms with Gasteiger partial charge in [0.2, 0.25) is 0 Å². The SMILES string of the molecule is COc1ccc(OC)c([C@H]2C(C(C)=O)=C(O)C(=O)N2c2ccc(C)cc2)c1. The zero-order valence-electron chi connectivity index (χ0n) is 15.6. The van der Waals surface area contributed by atoms with Gasteiger partial charge < -0.3 is 14.6 Å². The van der Waals surface area contributed by atoms with E-state index in [0.717, 1.165) is 5.56 Å². The van der Waals surface area contributed by atoms with Gasteiger partial charge in [-0.1, -0.05) is 17.7 Å². The van der Waals surface area contributed by atoms with Crippen LogP contribution in [0.2, 0.25) is 0 Å². The molecule has 1 atom stereocenters. The summed E-state index contributed by atoms with van der Waals surface area (Å²) < 4.78 is 10.7. The van der Waals surface area contributed by atoms with Crippen LogP contribution < -0.4 is 14.4 Å². The highest BCUT2D eigenvalue weighted by atomic mass is 16.5. The molecule has 2 aromatic carbocycles. The van der Waals surface area contributed by atoms with Gasteiger partial charge in [0.05, 0.1) is 25.8 Å². The van der Waals surface area contributed by atoms with E-state index in [1.807, 2.05) is 19.1 Å². The average molecular weight is 367 g/mol. The smallest absolute Gasteiger partial charge is 0.294 e. The van der Waals surface area contributed by atoms with Crippen molar-refractivity contribution in [3.63, 3.8) is 0 Å². The molecule has 0 saturated carbocycles. The first-order valence-electron chi connectivity index (χ1n) is 8.45. The quantitative estimate of drug-likeness (QED) is 0.875. The third-order valence-corrected chi connectivity index (χ3v) is 4.63. The van der Waals surface area contributed by atoms with Crippen LogP contribution in [0.1, 0.15) is 24.1 Å². The molecule has 1 aliphatic rings. The summed E-state index contributed by atoms with van der Waals surface area (Å²) in [5, 5.41) is 10.4. The van der Waals surface area contributed by atoms with Crippen LogP contribution in [0.5, 0.6) is 11.5 Å². The Morgan fingerprint density at radius 3 is 2.30 bits per heavy atom. The Morgan fingerprint density at radius 1 is 1.07 bits per heavy atom. The van der Waals surface area contributed by atoms with E-state index in [1.54, 1.807) is 30.3 Å². The molecule has 140 valence electrons. The normalized spacial score (nSPS) is 16.7. The number of aryl methyl sites for hydroxylation is 1. The van der Waals surface area contributed by atoms with E-state index in [9.17, 15) is 14.7 Å². The number of carbonyl (C=O) groups excluding carboxylic acids is 2. The summed E-state index contributed by atoms with van der Waals surface area (Å²) in [5.74, 6) is -0.516. The van der Waals surface area contributed by atoms with Gasteiger partial charge in [0, 0.05) is 11.3 Å². The number of methoxy groups -OCH3 is 2. The first-order chi connectivity index (χ1) is 12.9. The van der Waals surface area contributed by atoms with Gasteiger partial charge >= 0.3 is 0 Å². The van der Waals surface area contributed by atoms with Crippen LogP contribution in [0.25, 0.3) is 0 Å². The van der Waals surface area contributed by atoms with Crippen LogP contribution in [-0.4, -0.2) is 31.0 Å². The van der Waals surface area contributed by atoms with Crippen LogP contribution in [-0.2, 0) is 9.59 Å². The number of Topliss-reactive ketones (excluding diaryl/α,β-unsaturated/α-hetero) is 1. The maximum Gasteiger partial charge on any atom is 0.294 e. The fourth-order valence-electron chi connectivity index (χ4n) is 3.28. The molecule has 1 N–H and O–H groups in total. The summed E-state index contributed by atoms with van der Waals surface area (Å²) in [4.78, 5) is 26.5. The van der Waals surface area contributed by atoms with Gasteiger partial charge in [-0.2, -0.15) is 0 Å². The summed E-state index contributed by atoms with van der Waals surface area (Å²) in [6.07, 6.45) is 0. The first kappa shape index (κ1) is 18.5. The van der Waals surface area contributed by atoms with Crippen molar-refractivity contribution in [1.29, 1.82) is 0 Å². The van der Waals surface area contributed by atoms with Crippen LogP contribution in [0.3, 0.4) is 0 Å². The topological polar surface area (TPSA) is 76.1 Å². The second-order valence-corrected chi connectivity index (χ2v) is 6.34. The molecule has 27 heavy (non-hydrogen) atoms. The van der Waals surface area contributed by atoms with Crippen LogP contribution >= 0.6 is 0 Å². The number of hydrogen-bond donors (Lipinski definition) is 1. The van der Waals surface area contributed by atoms with Gasteiger partial charge in [0.1, 0.15) is 11.5 Å². The number of benzene rings is 2. The van der Waals surface area contributed by atoms with Crippen LogP contribution in [0.15, 0.2) is 53.8 Å². The molecular weight excluding hydrogens is 346 g/mol. The standard InChI is InChI=1S/C21H21NO5/c1-12-5-7-14(8-6-12)22-19(18(13(2)23)20(24)21(22)25)16-11-15(26-3)9-10-17(16)27-4/h5-11,19,24H,1-4H3/t19-/m0/s1. The highest BCUT2D eigenvalue weighted by Crippen LogP contribution is 2.44. The fraction of sp³-hybridized carbons (Fsp3) is 0.238.